The fourth-order valence-electron chi connectivity index (χ4n) is 5.00. The van der Waals surface area contributed by atoms with Gasteiger partial charge in [0.2, 0.25) is 0 Å². The predicted octanol–water partition coefficient (Wildman–Crippen LogP) is -78.3. The van der Waals surface area contributed by atoms with Crippen molar-refractivity contribution in [3.8, 4) is 0 Å². The van der Waals surface area contributed by atoms with Crippen LogP contribution in [0.2, 0.25) is 0 Å². The maximum absolute atomic E-state index is 12.5. The van der Waals surface area contributed by atoms with Gasteiger partial charge in [0.1, 0.15) is 0 Å². The van der Waals surface area contributed by atoms with Gasteiger partial charge < -0.3 is 155 Å². The molecule has 0 aliphatic carbocycles. The van der Waals surface area contributed by atoms with E-state index in [4.69, 9.17) is 5.73 Å². The molecule has 0 bridgehead atoms. The minimum Gasteiger partial charge on any atom is -0.810 e. The first-order valence-electron chi connectivity index (χ1n) is 11.5. The maximum atomic E-state index is 12.5. The quantitative estimate of drug-likeness (QED) is 0.0844. The van der Waals surface area contributed by atoms with Crippen molar-refractivity contribution in [1.82, 2.24) is 10.2 Å². The van der Waals surface area contributed by atoms with E-state index < -0.39 is 133 Å². The minimum atomic E-state index is -8.85. The van der Waals surface area contributed by atoms with Gasteiger partial charge >= 0.3 is 591 Å². The summed E-state index contributed by atoms with van der Waals surface area (Å²) in [7, 11) is -86.4. The second-order valence-electron chi connectivity index (χ2n) is 9.77. The topological polar surface area (TPSA) is 673 Å². The van der Waals surface area contributed by atoms with E-state index in [9.17, 15) is 144 Å². The molecule has 1 atom stereocenters. The van der Waals surface area contributed by atoms with Crippen LogP contribution in [0.25, 0.3) is 0 Å². The molecule has 314 valence electrons. The van der Waals surface area contributed by atoms with E-state index >= 15 is 0 Å². The van der Waals surface area contributed by atoms with Crippen LogP contribution >= 0.6 is 76.0 Å². The van der Waals surface area contributed by atoms with Gasteiger partial charge in [0.05, 0.1) is 16.6 Å². The minimum absolute atomic E-state index is 0. The van der Waals surface area contributed by atoms with E-state index in [0.29, 0.717) is 5.32 Å². The van der Waals surface area contributed by atoms with Gasteiger partial charge in [-0.1, -0.05) is 45.6 Å². The van der Waals surface area contributed by atoms with Gasteiger partial charge in [0.25, 0.3) is 0 Å². The van der Waals surface area contributed by atoms with E-state index in [0.717, 1.165) is 0 Å². The molecule has 0 saturated carbocycles. The van der Waals surface area contributed by atoms with Crippen molar-refractivity contribution in [2.75, 3.05) is 13.1 Å². The van der Waals surface area contributed by atoms with Crippen molar-refractivity contribution in [3.63, 3.8) is 0 Å². The molecule has 63 heteroatoms. The number of hydrogen-bond acceptors (Lipinski definition) is 33. The molecule has 0 aliphatic rings. The van der Waals surface area contributed by atoms with Gasteiger partial charge in [-0.15, -0.1) is 0 Å². The van der Waals surface area contributed by atoms with Gasteiger partial charge in [0, 0.05) is 35.3 Å². The molecule has 0 aliphatic heterocycles. The van der Waals surface area contributed by atoms with Crippen LogP contribution in [0, 0.1) is 0 Å². The van der Waals surface area contributed by atoms with Gasteiger partial charge in [-0.3, -0.25) is 4.90 Å². The third kappa shape index (κ3) is 50.7. The van der Waals surface area contributed by atoms with Crippen LogP contribution in [0.4, 0.5) is 0 Å². The van der Waals surface area contributed by atoms with Crippen LogP contribution < -0.4 is 700 Å². The summed E-state index contributed by atoms with van der Waals surface area (Å²) in [6, 6.07) is -5.55. The number of rotatable bonds is 20. The molecule has 0 spiro atoms. The Balaban J connectivity index is -0.0000000684. The SMILES string of the molecule is NCCNC(C(P(=O)([O-])[O-])P(=O)([O-])[O-])C(C(P(=O)([O-])[O-])P(=O)([O-])[O-])(C(P(=O)([O-])[O-])P(=O)([O-])[O-])N(C(P(=O)([O-])[O-])P(=O)([O-])[O-])C(P(=O)([O-])[O-])P(=O)([O-])[O-].[Na+].[Na+].[Na+].[Na+].[Na+].[Na+].[Na+].[Na+].[Na+].[Na+].[Na+].[Na+].[Na+].[Na+].[Na+].[Na+].[Na+].[Na+].[Na+].[Na+]. The summed E-state index contributed by atoms with van der Waals surface area (Å²) < 4.78 is 123. The predicted molar refractivity (Wildman–Crippen MR) is 120 cm³/mol. The molecule has 33 nitrogen and oxygen atoms in total. The fraction of sp³-hybridized carbons (Fsp3) is 1.00. The number of nitrogens with one attached hydrogen (secondary N) is 1. The Bertz CT molecular complexity index is 1640. The summed E-state index contributed by atoms with van der Waals surface area (Å²) in [6.45, 7) is -3.67. The van der Waals surface area contributed by atoms with Crippen molar-refractivity contribution in [1.29, 1.82) is 0 Å². The molecule has 0 aromatic rings. The molecule has 0 heterocycles. The molecular weight excluding hydrogens is 1400 g/mol. The Kier molecular flexibility index (Phi) is 131. The van der Waals surface area contributed by atoms with Gasteiger partial charge in [-0.05, 0) is 30.4 Å². The third-order valence-corrected chi connectivity index (χ3v) is 23.7. The molecule has 3 N–H and O–H groups in total. The van der Waals surface area contributed by atoms with Crippen molar-refractivity contribution >= 4 is 76.0 Å². The second kappa shape index (κ2) is 62.2. The van der Waals surface area contributed by atoms with E-state index in [2.05, 4.69) is 0 Å². The van der Waals surface area contributed by atoms with E-state index in [-0.39, 0.29) is 591 Å². The summed E-state index contributed by atoms with van der Waals surface area (Å²) in [5, 5.41) is -17.7. The molecule has 0 radical (unpaired) electrons. The Labute approximate surface area is 855 Å². The van der Waals surface area contributed by atoms with Gasteiger partial charge in [-0.25, -0.2) is 0 Å². The van der Waals surface area contributed by atoms with Gasteiger partial charge in [-0.2, -0.15) is 0 Å². The Morgan fingerprint density at radius 2 is 0.486 bits per heavy atom. The van der Waals surface area contributed by atoms with Gasteiger partial charge in [0.15, 0.2) is 0 Å². The maximum Gasteiger partial charge on any atom is 1.00 e. The molecule has 0 rings (SSSR count). The monoisotopic (exact) mass is 1410 g/mol. The Hall–Kier alpha value is 21.4. The smallest absolute Gasteiger partial charge is 0.810 e. The third-order valence-electron chi connectivity index (χ3n) is 6.05. The van der Waals surface area contributed by atoms with E-state index in [1.165, 1.54) is 0 Å². The average molecular weight is 1410 g/mol. The first-order valence-corrected chi connectivity index (χ1v) is 27.7. The first kappa shape index (κ1) is 152. The summed E-state index contributed by atoms with van der Waals surface area (Å²) >= 11 is 0. The van der Waals surface area contributed by atoms with Crippen LogP contribution in [-0.4, -0.2) is 56.8 Å². The molecule has 1 unspecified atom stereocenters. The van der Waals surface area contributed by atoms with Crippen LogP contribution in [0.15, 0.2) is 0 Å². The molecule has 72 heavy (non-hydrogen) atoms. The standard InChI is InChI=1S/C9H33N3O30P10.20Na/c10-1-2-11-3(4(43(13,14)15)44(16,17)18)9(5(45(19,20)21)46(22,23)24,6(47(25,26)27)48(28,29)30)12(7(49(31,32)33)50(34,35)36)8(51(37,38)39)52(40,41)42;;;;;;;;;;;;;;;;;;;;/h3-8,11H,1-2,10H2,(H2,13,14,15)(H2,16,17,18)(H2,19,20,21)(H2,22,23,24)(H2,25,26,27)(H2,28,29,30)(H2,31,32,33)(H2,34,35,36)(H2,37,38,39)(H2,40,41,42);;;;;;;;;;;;;;;;;;;;/q;20*+1/p-20. The number of hydrogen-bond donors (Lipinski definition) is 2. The zero-order valence-corrected chi connectivity index (χ0v) is 92.6. The molecule has 0 aromatic heterocycles. The van der Waals surface area contributed by atoms with E-state index in [1.54, 1.807) is 0 Å². The first-order chi connectivity index (χ1) is 22.2. The average Bonchev–Trinajstić information content (AvgIpc) is 2.71. The zero-order valence-electron chi connectivity index (χ0n) is 43.6. The number of nitrogens with zero attached hydrogens (tertiary/aromatic N) is 1. The Morgan fingerprint density at radius 3 is 0.597 bits per heavy atom. The van der Waals surface area contributed by atoms with Crippen LogP contribution in [0.5, 0.6) is 0 Å². The van der Waals surface area contributed by atoms with Crippen molar-refractivity contribution < 1.29 is 735 Å². The molecule has 0 aromatic carbocycles. The molecule has 0 amide bonds. The zero-order chi connectivity index (χ0) is 42.7. The number of nitrogens with two attached hydrogens (primary N) is 1. The molecular formula is C9H13N3Na20O30P10. The van der Waals surface area contributed by atoms with Crippen molar-refractivity contribution in [2.24, 2.45) is 5.73 Å². The van der Waals surface area contributed by atoms with E-state index in [1.807, 2.05) is 0 Å². The fourth-order valence-corrected chi connectivity index (χ4v) is 20.6. The summed E-state index contributed by atoms with van der Waals surface area (Å²) in [5.41, 5.74) is -14.9. The van der Waals surface area contributed by atoms with Crippen molar-refractivity contribution in [3.05, 3.63) is 0 Å². The summed E-state index contributed by atoms with van der Waals surface area (Å²) in [6.07, 6.45) is 0. The molecule has 0 saturated heterocycles. The van der Waals surface area contributed by atoms with Crippen molar-refractivity contribution in [2.45, 2.75) is 38.8 Å². The summed E-state index contributed by atoms with van der Waals surface area (Å²) in [5.74, 6) is 0. The van der Waals surface area contributed by atoms with Crippen LogP contribution in [-0.2, 0) is 45.7 Å². The largest absolute Gasteiger partial charge is 1.00 e. The second-order valence-corrected chi connectivity index (χ2v) is 27.7. The summed E-state index contributed by atoms with van der Waals surface area (Å²) in [4.78, 5) is 244. The Morgan fingerprint density at radius 1 is 0.319 bits per heavy atom. The normalized spacial score (nSPS) is 12.0. The molecule has 0 fully saturated rings. The van der Waals surface area contributed by atoms with Crippen LogP contribution in [0.1, 0.15) is 0 Å². The van der Waals surface area contributed by atoms with Crippen LogP contribution in [0.3, 0.4) is 0 Å².